The number of rotatable bonds is 5. The number of hydrogen-bond acceptors (Lipinski definition) is 2. The van der Waals surface area contributed by atoms with Crippen molar-refractivity contribution in [3.63, 3.8) is 0 Å². The summed E-state index contributed by atoms with van der Waals surface area (Å²) in [7, 11) is 0. The predicted molar refractivity (Wildman–Crippen MR) is 108 cm³/mol. The summed E-state index contributed by atoms with van der Waals surface area (Å²) < 4.78 is 13.4. The summed E-state index contributed by atoms with van der Waals surface area (Å²) in [5, 5.41) is 3.55. The smallest absolute Gasteiger partial charge is 0.224 e. The van der Waals surface area contributed by atoms with Crippen molar-refractivity contribution in [1.29, 1.82) is 0 Å². The summed E-state index contributed by atoms with van der Waals surface area (Å²) in [4.78, 5) is 16.7. The minimum atomic E-state index is -0.259. The van der Waals surface area contributed by atoms with Crippen LogP contribution in [-0.4, -0.2) is 10.9 Å². The molecule has 1 aliphatic carbocycles. The normalized spacial score (nSPS) is 19.1. The maximum atomic E-state index is 13.4. The van der Waals surface area contributed by atoms with E-state index in [2.05, 4.69) is 10.3 Å². The number of hydrogen-bond donors (Lipinski definition) is 1. The second-order valence-corrected chi connectivity index (χ2v) is 7.62. The third-order valence-corrected chi connectivity index (χ3v) is 5.43. The zero-order valence-corrected chi connectivity index (χ0v) is 16.2. The van der Waals surface area contributed by atoms with Gasteiger partial charge in [-0.15, -0.1) is 0 Å². The van der Waals surface area contributed by atoms with Gasteiger partial charge in [-0.2, -0.15) is 0 Å². The molecular formula is C23H20ClFN2O. The zero-order chi connectivity index (χ0) is 19.7. The fourth-order valence-electron chi connectivity index (χ4n) is 3.53. The van der Waals surface area contributed by atoms with Gasteiger partial charge in [0.15, 0.2) is 0 Å². The van der Waals surface area contributed by atoms with E-state index in [9.17, 15) is 9.18 Å². The van der Waals surface area contributed by atoms with Gasteiger partial charge in [-0.3, -0.25) is 4.79 Å². The largest absolute Gasteiger partial charge is 0.349 e. The first-order chi connectivity index (χ1) is 13.5. The van der Waals surface area contributed by atoms with Crippen molar-refractivity contribution in [2.75, 3.05) is 0 Å². The Morgan fingerprint density at radius 1 is 1.14 bits per heavy atom. The number of nitrogens with one attached hydrogen (secondary N) is 1. The van der Waals surface area contributed by atoms with E-state index < -0.39 is 0 Å². The fourth-order valence-corrected chi connectivity index (χ4v) is 3.64. The third-order valence-electron chi connectivity index (χ3n) is 5.21. The summed E-state index contributed by atoms with van der Waals surface area (Å²) >= 11 is 5.86. The maximum Gasteiger partial charge on any atom is 0.224 e. The van der Waals surface area contributed by atoms with Gasteiger partial charge in [0, 0.05) is 17.7 Å². The topological polar surface area (TPSA) is 42.0 Å². The van der Waals surface area contributed by atoms with E-state index in [1.807, 2.05) is 43.3 Å². The molecule has 1 heterocycles. The van der Waals surface area contributed by atoms with Crippen LogP contribution in [0.1, 0.15) is 36.4 Å². The lowest BCUT2D eigenvalue weighted by Gasteiger charge is -2.16. The first-order valence-electron chi connectivity index (χ1n) is 9.29. The molecule has 3 aromatic rings. The summed E-state index contributed by atoms with van der Waals surface area (Å²) in [5.74, 6) is -0.229. The quantitative estimate of drug-likeness (QED) is 0.579. The van der Waals surface area contributed by atoms with E-state index in [4.69, 9.17) is 11.6 Å². The van der Waals surface area contributed by atoms with Crippen LogP contribution in [0.2, 0.25) is 5.15 Å². The number of carbonyl (C=O) groups excluding carboxylic acids is 1. The summed E-state index contributed by atoms with van der Waals surface area (Å²) in [6.45, 7) is 1.97. The maximum absolute atomic E-state index is 13.4. The molecule has 0 saturated heterocycles. The van der Waals surface area contributed by atoms with Gasteiger partial charge >= 0.3 is 0 Å². The van der Waals surface area contributed by atoms with Gasteiger partial charge in [-0.25, -0.2) is 9.37 Å². The molecule has 1 fully saturated rings. The number of aromatic nitrogens is 1. The van der Waals surface area contributed by atoms with Crippen LogP contribution in [0, 0.1) is 11.7 Å². The molecule has 2 unspecified atom stereocenters. The van der Waals surface area contributed by atoms with E-state index in [1.54, 1.807) is 18.3 Å². The molecule has 3 nitrogen and oxygen atoms in total. The van der Waals surface area contributed by atoms with Crippen LogP contribution in [-0.2, 0) is 4.79 Å². The van der Waals surface area contributed by atoms with Gasteiger partial charge in [-0.1, -0.05) is 41.9 Å². The van der Waals surface area contributed by atoms with Crippen LogP contribution in [0.5, 0.6) is 0 Å². The van der Waals surface area contributed by atoms with Crippen molar-refractivity contribution in [3.8, 4) is 11.1 Å². The Bertz CT molecular complexity index is 1010. The Hall–Kier alpha value is -2.72. The third kappa shape index (κ3) is 4.07. The van der Waals surface area contributed by atoms with Crippen LogP contribution in [0.4, 0.5) is 4.39 Å². The van der Waals surface area contributed by atoms with Crippen LogP contribution >= 0.6 is 11.6 Å². The summed E-state index contributed by atoms with van der Waals surface area (Å²) in [6.07, 6.45) is 2.50. The van der Waals surface area contributed by atoms with Crippen molar-refractivity contribution in [1.82, 2.24) is 10.3 Å². The highest BCUT2D eigenvalue weighted by Crippen LogP contribution is 2.47. The molecule has 0 spiro atoms. The van der Waals surface area contributed by atoms with Gasteiger partial charge in [0.2, 0.25) is 5.91 Å². The van der Waals surface area contributed by atoms with Gasteiger partial charge in [0.1, 0.15) is 11.0 Å². The first kappa shape index (κ1) is 18.6. The van der Waals surface area contributed by atoms with Gasteiger partial charge in [0.25, 0.3) is 0 Å². The molecule has 1 aliphatic rings. The standard InChI is InChI=1S/C23H20ClFN2O/c1-14(15-4-2-5-16(10-15)18-8-9-22(24)26-13-18)27-23(28)21-12-20(21)17-6-3-7-19(25)11-17/h2-11,13-14,20-21H,12H2,1H3,(H,27,28)/t14-,20?,21?/m0/s1. The Kier molecular flexibility index (Phi) is 5.14. The molecule has 1 aromatic heterocycles. The average molecular weight is 395 g/mol. The first-order valence-corrected chi connectivity index (χ1v) is 9.67. The van der Waals surface area contributed by atoms with Crippen molar-refractivity contribution in [2.24, 2.45) is 5.92 Å². The fraction of sp³-hybridized carbons (Fsp3) is 0.217. The number of pyridine rings is 1. The number of benzene rings is 2. The lowest BCUT2D eigenvalue weighted by atomic mass is 10.0. The minimum absolute atomic E-state index is 0.0142. The lowest BCUT2D eigenvalue weighted by molar-refractivity contribution is -0.123. The average Bonchev–Trinajstić information content (AvgIpc) is 3.50. The predicted octanol–water partition coefficient (Wildman–Crippen LogP) is 5.52. The number of halogens is 2. The lowest BCUT2D eigenvalue weighted by Crippen LogP contribution is -2.28. The highest BCUT2D eigenvalue weighted by molar-refractivity contribution is 6.29. The van der Waals surface area contributed by atoms with Gasteiger partial charge < -0.3 is 5.32 Å². The molecule has 0 radical (unpaired) electrons. The second-order valence-electron chi connectivity index (χ2n) is 7.23. The number of amides is 1. The van der Waals surface area contributed by atoms with E-state index >= 15 is 0 Å². The van der Waals surface area contributed by atoms with Crippen LogP contribution in [0.15, 0.2) is 66.9 Å². The summed E-state index contributed by atoms with van der Waals surface area (Å²) in [6, 6.07) is 18.1. The molecule has 0 bridgehead atoms. The molecule has 28 heavy (non-hydrogen) atoms. The monoisotopic (exact) mass is 394 g/mol. The molecule has 2 aromatic carbocycles. The van der Waals surface area contributed by atoms with Gasteiger partial charge in [-0.05, 0) is 66.3 Å². The SMILES string of the molecule is C[C@H](NC(=O)C1CC1c1cccc(F)c1)c1cccc(-c2ccc(Cl)nc2)c1. The molecule has 4 rings (SSSR count). The Morgan fingerprint density at radius 2 is 1.96 bits per heavy atom. The van der Waals surface area contributed by atoms with Crippen LogP contribution in [0.25, 0.3) is 11.1 Å². The Morgan fingerprint density at radius 3 is 2.71 bits per heavy atom. The van der Waals surface area contributed by atoms with Crippen LogP contribution in [0.3, 0.4) is 0 Å². The zero-order valence-electron chi connectivity index (χ0n) is 15.4. The number of carbonyl (C=O) groups is 1. The summed E-state index contributed by atoms with van der Waals surface area (Å²) in [5.41, 5.74) is 3.90. The van der Waals surface area contributed by atoms with E-state index in [-0.39, 0.29) is 29.6 Å². The van der Waals surface area contributed by atoms with Crippen molar-refractivity contribution in [3.05, 3.63) is 89.0 Å². The van der Waals surface area contributed by atoms with E-state index in [1.165, 1.54) is 12.1 Å². The van der Waals surface area contributed by atoms with E-state index in [0.29, 0.717) is 5.15 Å². The Balaban J connectivity index is 1.43. The molecule has 5 heteroatoms. The molecule has 3 atom stereocenters. The van der Waals surface area contributed by atoms with E-state index in [0.717, 1.165) is 28.7 Å². The molecule has 1 amide bonds. The molecule has 1 N–H and O–H groups in total. The van der Waals surface area contributed by atoms with Gasteiger partial charge in [0.05, 0.1) is 6.04 Å². The number of nitrogens with zero attached hydrogens (tertiary/aromatic N) is 1. The minimum Gasteiger partial charge on any atom is -0.349 e. The molecule has 0 aliphatic heterocycles. The Labute approximate surface area is 168 Å². The second kappa shape index (κ2) is 7.72. The molecule has 1 saturated carbocycles. The molecule has 142 valence electrons. The highest BCUT2D eigenvalue weighted by atomic mass is 35.5. The van der Waals surface area contributed by atoms with Crippen LogP contribution < -0.4 is 5.32 Å². The van der Waals surface area contributed by atoms with Crippen molar-refractivity contribution < 1.29 is 9.18 Å². The molecular weight excluding hydrogens is 375 g/mol. The van der Waals surface area contributed by atoms with Crippen molar-refractivity contribution >= 4 is 17.5 Å². The highest BCUT2D eigenvalue weighted by Gasteiger charge is 2.44. The van der Waals surface area contributed by atoms with Crippen molar-refractivity contribution in [2.45, 2.75) is 25.3 Å².